The first kappa shape index (κ1) is 15.3. The van der Waals surface area contributed by atoms with Crippen molar-refractivity contribution in [3.63, 3.8) is 0 Å². The van der Waals surface area contributed by atoms with Crippen LogP contribution in [0.3, 0.4) is 0 Å². The number of carbonyl (C=O) groups is 2. The number of hydrogen-bond donors (Lipinski definition) is 2. The van der Waals surface area contributed by atoms with Crippen LogP contribution in [0.1, 0.15) is 24.2 Å². The molecule has 1 saturated carbocycles. The van der Waals surface area contributed by atoms with E-state index < -0.39 is 17.8 Å². The highest BCUT2D eigenvalue weighted by atomic mass is 16.4. The fourth-order valence-electron chi connectivity index (χ4n) is 2.97. The van der Waals surface area contributed by atoms with Gasteiger partial charge in [-0.2, -0.15) is 5.10 Å². The summed E-state index contributed by atoms with van der Waals surface area (Å²) in [7, 11) is 0. The summed E-state index contributed by atoms with van der Waals surface area (Å²) in [6.45, 7) is 3.86. The van der Waals surface area contributed by atoms with Gasteiger partial charge in [-0.3, -0.25) is 9.59 Å². The second-order valence-corrected chi connectivity index (χ2v) is 5.97. The lowest BCUT2D eigenvalue weighted by atomic mass is 9.73. The lowest BCUT2D eigenvalue weighted by molar-refractivity contribution is -0.151. The van der Waals surface area contributed by atoms with Gasteiger partial charge in [0.15, 0.2) is 0 Å². The lowest BCUT2D eigenvalue weighted by Crippen LogP contribution is -2.41. The van der Waals surface area contributed by atoms with Crippen LogP contribution in [0.15, 0.2) is 30.3 Å². The zero-order valence-corrected chi connectivity index (χ0v) is 13.1. The molecule has 2 N–H and O–H groups in total. The summed E-state index contributed by atoms with van der Waals surface area (Å²) in [5, 5.41) is 16.4. The summed E-state index contributed by atoms with van der Waals surface area (Å²) in [5.41, 5.74) is 3.28. The van der Waals surface area contributed by atoms with Crippen LogP contribution in [0.5, 0.6) is 0 Å². The van der Waals surface area contributed by atoms with Crippen LogP contribution < -0.4 is 5.32 Å². The maximum atomic E-state index is 12.4. The Kier molecular flexibility index (Phi) is 3.90. The van der Waals surface area contributed by atoms with Crippen molar-refractivity contribution in [2.24, 2.45) is 11.8 Å². The zero-order chi connectivity index (χ0) is 16.6. The van der Waals surface area contributed by atoms with Gasteiger partial charge in [0, 0.05) is 5.69 Å². The van der Waals surface area contributed by atoms with Gasteiger partial charge in [0.1, 0.15) is 0 Å². The number of carboxylic acids is 1. The number of benzene rings is 1. The first-order chi connectivity index (χ1) is 11.0. The number of amides is 1. The number of aliphatic carboxylic acids is 1. The fourth-order valence-corrected chi connectivity index (χ4v) is 2.97. The smallest absolute Gasteiger partial charge is 0.307 e. The molecule has 0 saturated heterocycles. The van der Waals surface area contributed by atoms with E-state index in [4.69, 9.17) is 5.11 Å². The van der Waals surface area contributed by atoms with E-state index in [-0.39, 0.29) is 5.91 Å². The molecule has 6 heteroatoms. The Morgan fingerprint density at radius 2 is 1.91 bits per heavy atom. The first-order valence-corrected chi connectivity index (χ1v) is 7.63. The molecular formula is C17H19N3O3. The van der Waals surface area contributed by atoms with Crippen molar-refractivity contribution in [2.45, 2.75) is 26.7 Å². The summed E-state index contributed by atoms with van der Waals surface area (Å²) >= 11 is 0. The minimum atomic E-state index is -0.900. The molecule has 0 spiro atoms. The van der Waals surface area contributed by atoms with Gasteiger partial charge in [0.2, 0.25) is 5.91 Å². The van der Waals surface area contributed by atoms with Gasteiger partial charge >= 0.3 is 5.97 Å². The molecular weight excluding hydrogens is 294 g/mol. The number of nitrogens with zero attached hydrogens (tertiary/aromatic N) is 2. The van der Waals surface area contributed by atoms with E-state index in [9.17, 15) is 9.59 Å². The monoisotopic (exact) mass is 313 g/mol. The molecule has 1 aromatic carbocycles. The third kappa shape index (κ3) is 2.84. The van der Waals surface area contributed by atoms with Crippen molar-refractivity contribution in [1.82, 2.24) is 9.78 Å². The number of nitrogens with one attached hydrogen (secondary N) is 1. The Morgan fingerprint density at radius 1 is 1.22 bits per heavy atom. The highest BCUT2D eigenvalue weighted by Crippen LogP contribution is 2.35. The number of carbonyl (C=O) groups excluding carboxylic acids is 1. The van der Waals surface area contributed by atoms with Crippen molar-refractivity contribution < 1.29 is 14.7 Å². The summed E-state index contributed by atoms with van der Waals surface area (Å²) in [5.74, 6) is -2.17. The van der Waals surface area contributed by atoms with Crippen molar-refractivity contribution in [1.29, 1.82) is 0 Å². The van der Waals surface area contributed by atoms with Crippen LogP contribution in [0.25, 0.3) is 5.69 Å². The molecule has 1 fully saturated rings. The molecule has 0 bridgehead atoms. The summed E-state index contributed by atoms with van der Waals surface area (Å²) in [6, 6.07) is 9.36. The highest BCUT2D eigenvalue weighted by molar-refractivity contribution is 5.97. The van der Waals surface area contributed by atoms with Crippen molar-refractivity contribution in [2.75, 3.05) is 5.32 Å². The summed E-state index contributed by atoms with van der Waals surface area (Å²) in [4.78, 5) is 23.5. The zero-order valence-electron chi connectivity index (χ0n) is 13.1. The maximum absolute atomic E-state index is 12.4. The van der Waals surface area contributed by atoms with Crippen molar-refractivity contribution in [3.05, 3.63) is 41.7 Å². The third-order valence-corrected chi connectivity index (χ3v) is 4.33. The van der Waals surface area contributed by atoms with E-state index in [2.05, 4.69) is 10.4 Å². The van der Waals surface area contributed by atoms with Gasteiger partial charge in [-0.25, -0.2) is 4.68 Å². The Bertz CT molecular complexity index is 766. The number of hydrogen-bond acceptors (Lipinski definition) is 3. The van der Waals surface area contributed by atoms with Crippen LogP contribution in [0, 0.1) is 25.7 Å². The summed E-state index contributed by atoms with van der Waals surface area (Å²) in [6.07, 6.45) is 1.18. The molecule has 0 radical (unpaired) electrons. The molecule has 1 aromatic heterocycles. The van der Waals surface area contributed by atoms with Crippen LogP contribution in [-0.4, -0.2) is 26.8 Å². The average Bonchev–Trinajstić information content (AvgIpc) is 2.76. The minimum Gasteiger partial charge on any atom is -0.481 e. The molecule has 1 heterocycles. The molecule has 1 aliphatic carbocycles. The molecule has 2 aromatic rings. The molecule has 1 aliphatic rings. The van der Waals surface area contributed by atoms with Gasteiger partial charge in [-0.1, -0.05) is 12.1 Å². The SMILES string of the molecule is Cc1cc(C)n(-c2ccccc2NC(=O)C2CCC2C(=O)O)n1. The molecule has 2 atom stereocenters. The van der Waals surface area contributed by atoms with E-state index in [0.29, 0.717) is 18.5 Å². The van der Waals surface area contributed by atoms with Crippen molar-refractivity contribution >= 4 is 17.6 Å². The second kappa shape index (κ2) is 5.87. The summed E-state index contributed by atoms with van der Waals surface area (Å²) < 4.78 is 1.78. The average molecular weight is 313 g/mol. The molecule has 1 amide bonds. The van der Waals surface area contributed by atoms with Gasteiger partial charge in [0.05, 0.1) is 28.9 Å². The van der Waals surface area contributed by atoms with Gasteiger partial charge in [-0.15, -0.1) is 0 Å². The first-order valence-electron chi connectivity index (χ1n) is 7.63. The Hall–Kier alpha value is -2.63. The van der Waals surface area contributed by atoms with Crippen molar-refractivity contribution in [3.8, 4) is 5.69 Å². The maximum Gasteiger partial charge on any atom is 0.307 e. The quantitative estimate of drug-likeness (QED) is 0.908. The van der Waals surface area contributed by atoms with E-state index in [1.807, 2.05) is 38.1 Å². The number of para-hydroxylation sites is 2. The van der Waals surface area contributed by atoms with Gasteiger partial charge in [-0.05, 0) is 44.9 Å². The Labute approximate surface area is 134 Å². The molecule has 120 valence electrons. The number of anilines is 1. The lowest BCUT2D eigenvalue weighted by Gasteiger charge is -2.32. The van der Waals surface area contributed by atoms with E-state index >= 15 is 0 Å². The number of rotatable bonds is 4. The normalized spacial score (nSPS) is 19.9. The fraction of sp³-hybridized carbons (Fsp3) is 0.353. The third-order valence-electron chi connectivity index (χ3n) is 4.33. The number of carboxylic acid groups (broad SMARTS) is 1. The molecule has 6 nitrogen and oxygen atoms in total. The molecule has 3 rings (SSSR count). The Morgan fingerprint density at radius 3 is 2.48 bits per heavy atom. The van der Waals surface area contributed by atoms with Crippen LogP contribution in [0.4, 0.5) is 5.69 Å². The molecule has 23 heavy (non-hydrogen) atoms. The largest absolute Gasteiger partial charge is 0.481 e. The van der Waals surface area contributed by atoms with E-state index in [0.717, 1.165) is 17.1 Å². The van der Waals surface area contributed by atoms with E-state index in [1.165, 1.54) is 0 Å². The van der Waals surface area contributed by atoms with Gasteiger partial charge in [0.25, 0.3) is 0 Å². The predicted octanol–water partition coefficient (Wildman–Crippen LogP) is 2.54. The number of aryl methyl sites for hydroxylation is 2. The molecule has 2 unspecified atom stereocenters. The predicted molar refractivity (Wildman–Crippen MR) is 85.5 cm³/mol. The van der Waals surface area contributed by atoms with E-state index in [1.54, 1.807) is 10.7 Å². The minimum absolute atomic E-state index is 0.238. The standard InChI is InChI=1S/C17H19N3O3/c1-10-9-11(2)20(19-10)15-6-4-3-5-14(15)18-16(21)12-7-8-13(12)17(22)23/h3-6,9,12-13H,7-8H2,1-2H3,(H,18,21)(H,22,23). The highest BCUT2D eigenvalue weighted by Gasteiger charge is 2.41. The number of aromatic nitrogens is 2. The van der Waals surface area contributed by atoms with Gasteiger partial charge < -0.3 is 10.4 Å². The van der Waals surface area contributed by atoms with Crippen LogP contribution in [-0.2, 0) is 9.59 Å². The Balaban J connectivity index is 1.85. The van der Waals surface area contributed by atoms with Crippen LogP contribution >= 0.6 is 0 Å². The molecule has 0 aliphatic heterocycles. The van der Waals surface area contributed by atoms with Crippen LogP contribution in [0.2, 0.25) is 0 Å². The second-order valence-electron chi connectivity index (χ2n) is 5.97. The topological polar surface area (TPSA) is 84.2 Å².